The highest BCUT2D eigenvalue weighted by atomic mass is 79.9. The number of thiophene rings is 3. The highest BCUT2D eigenvalue weighted by Gasteiger charge is 2.20. The third-order valence-electron chi connectivity index (χ3n) is 8.58. The van der Waals surface area contributed by atoms with Gasteiger partial charge in [0, 0.05) is 26.2 Å². The number of sulfone groups is 2. The summed E-state index contributed by atoms with van der Waals surface area (Å²) < 4.78 is 51.2. The average Bonchev–Trinajstić information content (AvgIpc) is 4.06. The van der Waals surface area contributed by atoms with Crippen LogP contribution in [0.3, 0.4) is 0 Å². The summed E-state index contributed by atoms with van der Waals surface area (Å²) in [5.74, 6) is 0. The summed E-state index contributed by atoms with van der Waals surface area (Å²) in [5, 5.41) is 12.5. The van der Waals surface area contributed by atoms with Crippen molar-refractivity contribution in [1.82, 2.24) is 0 Å². The Labute approximate surface area is 369 Å². The molecule has 3 heterocycles. The Morgan fingerprint density at radius 2 is 0.932 bits per heavy atom. The van der Waals surface area contributed by atoms with E-state index >= 15 is 0 Å². The molecule has 0 spiro atoms. The van der Waals surface area contributed by atoms with Gasteiger partial charge in [0.15, 0.2) is 0 Å². The van der Waals surface area contributed by atoms with Crippen LogP contribution in [0, 0.1) is 13.1 Å². The molecule has 2 N–H and O–H groups in total. The molecule has 0 bridgehead atoms. The average molecular weight is 951 g/mol. The summed E-state index contributed by atoms with van der Waals surface area (Å²) in [4.78, 5) is 9.44. The van der Waals surface area contributed by atoms with Gasteiger partial charge in [-0.1, -0.05) is 107 Å². The molecule has 0 atom stereocenters. The molecule has 9 rings (SSSR count). The first-order valence-electron chi connectivity index (χ1n) is 17.4. The minimum atomic E-state index is -3.55. The fourth-order valence-electron chi connectivity index (χ4n) is 5.60. The van der Waals surface area contributed by atoms with E-state index in [1.165, 1.54) is 44.9 Å². The molecule has 3 aromatic heterocycles. The van der Waals surface area contributed by atoms with Gasteiger partial charge in [0.2, 0.25) is 29.7 Å². The Hall–Kier alpha value is -5.13. The molecule has 7 nitrogen and oxygen atoms in total. The number of fused-ring (bicyclic) bond motifs is 3. The van der Waals surface area contributed by atoms with Crippen molar-refractivity contribution in [1.29, 1.82) is 0 Å². The number of benzene rings is 6. The smallest absolute Gasteiger partial charge is 0.242 e. The van der Waals surface area contributed by atoms with Crippen LogP contribution in [-0.4, -0.2) is 16.8 Å². The topological polar surface area (TPSA) is 103 Å². The van der Waals surface area contributed by atoms with Gasteiger partial charge < -0.3 is 5.73 Å². The second-order valence-electron chi connectivity index (χ2n) is 12.5. The largest absolute Gasteiger partial charge is 0.326 e. The Morgan fingerprint density at radius 3 is 1.36 bits per heavy atom. The van der Waals surface area contributed by atoms with E-state index in [9.17, 15) is 16.8 Å². The Kier molecular flexibility index (Phi) is 14.5. The van der Waals surface area contributed by atoms with Crippen LogP contribution in [0.15, 0.2) is 191 Å². The second-order valence-corrected chi connectivity index (χ2v) is 20.6. The highest BCUT2D eigenvalue weighted by molar-refractivity contribution is 9.10. The van der Waals surface area contributed by atoms with Crippen molar-refractivity contribution in [3.63, 3.8) is 0 Å². The number of nitrogens with two attached hydrogens (primary N) is 1. The minimum Gasteiger partial charge on any atom is -0.326 e. The number of hydrogen-bond donors (Lipinski definition) is 2. The molecular formula is C45H32BrN3O4S6. The molecule has 0 unspecified atom stereocenters. The zero-order valence-electron chi connectivity index (χ0n) is 30.8. The van der Waals surface area contributed by atoms with Crippen LogP contribution in [-0.2, 0) is 26.2 Å². The normalized spacial score (nSPS) is 10.9. The van der Waals surface area contributed by atoms with E-state index in [2.05, 4.69) is 62.5 Å². The van der Waals surface area contributed by atoms with E-state index < -0.39 is 19.7 Å². The number of nitrogens with zero attached hydrogens (tertiary/aromatic N) is 2. The lowest BCUT2D eigenvalue weighted by Gasteiger charge is -2.04. The van der Waals surface area contributed by atoms with Gasteiger partial charge in [-0.05, 0) is 97.7 Å². The molecule has 0 aliphatic carbocycles. The summed E-state index contributed by atoms with van der Waals surface area (Å²) in [6.45, 7) is 13.8. The fourth-order valence-corrected chi connectivity index (χ4v) is 11.8. The maximum Gasteiger partial charge on any atom is 0.242 e. The molecule has 0 saturated heterocycles. The van der Waals surface area contributed by atoms with E-state index in [-0.39, 0.29) is 9.79 Å². The summed E-state index contributed by atoms with van der Waals surface area (Å²) in [6, 6.07) is 44.9. The first kappa shape index (κ1) is 43.4. The molecule has 0 amide bonds. The van der Waals surface area contributed by atoms with Gasteiger partial charge in [-0.3, -0.25) is 0 Å². The van der Waals surface area contributed by atoms with Crippen LogP contribution in [0.2, 0.25) is 0 Å². The Balaban J connectivity index is 0.000000140. The lowest BCUT2D eigenvalue weighted by Crippen LogP contribution is -2.00. The lowest BCUT2D eigenvalue weighted by molar-refractivity contribution is 0.595. The van der Waals surface area contributed by atoms with E-state index in [4.69, 9.17) is 18.9 Å². The second kappa shape index (κ2) is 19.7. The van der Waals surface area contributed by atoms with Gasteiger partial charge in [-0.25, -0.2) is 26.5 Å². The van der Waals surface area contributed by atoms with Crippen molar-refractivity contribution >= 4 is 125 Å². The molecule has 0 saturated carbocycles. The van der Waals surface area contributed by atoms with Crippen molar-refractivity contribution in [3.05, 3.63) is 194 Å². The zero-order chi connectivity index (χ0) is 42.0. The molecule has 9 aromatic rings. The maximum atomic E-state index is 12.6. The highest BCUT2D eigenvalue weighted by Crippen LogP contribution is 2.32. The van der Waals surface area contributed by atoms with Gasteiger partial charge in [0.1, 0.15) is 0 Å². The number of halogens is 1. The van der Waals surface area contributed by atoms with Gasteiger partial charge >= 0.3 is 0 Å². The first-order chi connectivity index (χ1) is 28.4. The number of rotatable bonds is 5. The standard InChI is InChI=1S/C15H9NO2S2.C15H13NO2S2.C10H8S.C5H2BrNS/c1-16-15-9-14(10-19-15)20(17,18)13-7-6-11-4-2-3-5-12(11)8-13;16-9-13-8-15(10-19-13)20(17,18)14-6-5-11-3-1-2-4-12(11)7-14;11-10-6-5-8-3-1-2-4-9(8)7-10;1-7-5-2-4(6)3-8-5/h2-10H;1-8,10H,9,16H2;1-7,11H;2-3H. The predicted molar refractivity (Wildman–Crippen MR) is 251 cm³/mol. The Morgan fingerprint density at radius 1 is 0.508 bits per heavy atom. The molecule has 14 heteroatoms. The van der Waals surface area contributed by atoms with Crippen molar-refractivity contribution in [2.24, 2.45) is 5.73 Å². The molecule has 0 aliphatic heterocycles. The van der Waals surface area contributed by atoms with E-state index in [1.54, 1.807) is 47.8 Å². The van der Waals surface area contributed by atoms with Crippen LogP contribution in [0.25, 0.3) is 42.0 Å². The van der Waals surface area contributed by atoms with Gasteiger partial charge in [0.05, 0.1) is 32.7 Å². The van der Waals surface area contributed by atoms with Crippen LogP contribution in [0.4, 0.5) is 10.0 Å². The van der Waals surface area contributed by atoms with Crippen LogP contribution in [0.1, 0.15) is 4.88 Å². The number of hydrogen-bond acceptors (Lipinski definition) is 9. The Bertz CT molecular complexity index is 3220. The summed E-state index contributed by atoms with van der Waals surface area (Å²) in [5.41, 5.74) is 5.54. The monoisotopic (exact) mass is 949 g/mol. The SMILES string of the molecule is NCc1cc(S(=O)(=O)c2ccc3ccccc3c2)cs1.Sc1ccc2ccccc2c1.[C-]#[N+]c1cc(Br)cs1.[C-]#[N+]c1cc(S(=O)(=O)c2ccc3ccccc3c2)cs1. The molecule has 6 aromatic carbocycles. The molecule has 59 heavy (non-hydrogen) atoms. The van der Waals surface area contributed by atoms with Crippen molar-refractivity contribution < 1.29 is 16.8 Å². The molecule has 0 aliphatic rings. The summed E-state index contributed by atoms with van der Waals surface area (Å²) >= 11 is 11.5. The third kappa shape index (κ3) is 10.9. The quantitative estimate of drug-likeness (QED) is 0.132. The molecule has 294 valence electrons. The van der Waals surface area contributed by atoms with Crippen molar-refractivity contribution in [2.45, 2.75) is 31.0 Å². The zero-order valence-corrected chi connectivity index (χ0v) is 37.3. The summed E-state index contributed by atoms with van der Waals surface area (Å²) in [6.07, 6.45) is 0. The van der Waals surface area contributed by atoms with Crippen LogP contribution < -0.4 is 5.73 Å². The minimum absolute atomic E-state index is 0.184. The van der Waals surface area contributed by atoms with Crippen LogP contribution >= 0.6 is 62.6 Å². The van der Waals surface area contributed by atoms with E-state index in [0.29, 0.717) is 21.3 Å². The van der Waals surface area contributed by atoms with Crippen LogP contribution in [0.5, 0.6) is 0 Å². The maximum absolute atomic E-state index is 12.6. The predicted octanol–water partition coefficient (Wildman–Crippen LogP) is 13.7. The molecule has 0 radical (unpaired) electrons. The van der Waals surface area contributed by atoms with Crippen molar-refractivity contribution in [2.75, 3.05) is 0 Å². The van der Waals surface area contributed by atoms with E-state index in [0.717, 1.165) is 52.1 Å². The fraction of sp³-hybridized carbons (Fsp3) is 0.0222. The van der Waals surface area contributed by atoms with Gasteiger partial charge in [-0.15, -0.1) is 24.0 Å². The third-order valence-corrected chi connectivity index (χ3v) is 16.0. The number of thiol groups is 1. The molecular weight excluding hydrogens is 919 g/mol. The summed E-state index contributed by atoms with van der Waals surface area (Å²) in [7, 11) is -7.02. The van der Waals surface area contributed by atoms with Gasteiger partial charge in [0.25, 0.3) is 0 Å². The van der Waals surface area contributed by atoms with Gasteiger partial charge in [-0.2, -0.15) is 22.7 Å². The lowest BCUT2D eigenvalue weighted by atomic mass is 10.1. The van der Waals surface area contributed by atoms with E-state index in [1.807, 2.05) is 78.2 Å². The molecule has 0 fully saturated rings. The first-order valence-corrected chi connectivity index (χ1v) is 24.3. The van der Waals surface area contributed by atoms with Crippen molar-refractivity contribution in [3.8, 4) is 0 Å².